The average molecular weight is 449 g/mol. The van der Waals surface area contributed by atoms with Crippen molar-refractivity contribution >= 4 is 51.4 Å². The summed E-state index contributed by atoms with van der Waals surface area (Å²) in [5.74, 6) is -2.85. The van der Waals surface area contributed by atoms with Crippen LogP contribution < -0.4 is 10.6 Å². The number of anilines is 2. The van der Waals surface area contributed by atoms with Gasteiger partial charge in [0.1, 0.15) is 5.00 Å². The Morgan fingerprint density at radius 2 is 1.73 bits per heavy atom. The largest absolute Gasteiger partial charge is 0.481 e. The topological polar surface area (TPSA) is 95.5 Å². The molecule has 0 radical (unpaired) electrons. The molecule has 30 heavy (non-hydrogen) atoms. The third kappa shape index (κ3) is 4.84. The monoisotopic (exact) mass is 448 g/mol. The van der Waals surface area contributed by atoms with Crippen LogP contribution in [0.3, 0.4) is 0 Å². The van der Waals surface area contributed by atoms with Gasteiger partial charge in [-0.15, -0.1) is 11.3 Å². The Morgan fingerprint density at radius 1 is 1.10 bits per heavy atom. The maximum absolute atomic E-state index is 13.1. The fourth-order valence-electron chi connectivity index (χ4n) is 4.00. The normalized spacial score (nSPS) is 18.6. The fraction of sp³-hybridized carbons (Fsp3) is 0.409. The number of amides is 2. The van der Waals surface area contributed by atoms with Crippen LogP contribution >= 0.6 is 22.9 Å². The van der Waals surface area contributed by atoms with Crippen LogP contribution in [0.25, 0.3) is 0 Å². The molecule has 6 nitrogen and oxygen atoms in total. The number of carboxylic acids is 1. The van der Waals surface area contributed by atoms with Crippen LogP contribution in [-0.4, -0.2) is 22.9 Å². The van der Waals surface area contributed by atoms with Gasteiger partial charge in [-0.25, -0.2) is 0 Å². The van der Waals surface area contributed by atoms with Crippen molar-refractivity contribution in [1.82, 2.24) is 0 Å². The van der Waals surface area contributed by atoms with Crippen molar-refractivity contribution < 1.29 is 19.5 Å². The van der Waals surface area contributed by atoms with E-state index >= 15 is 0 Å². The van der Waals surface area contributed by atoms with Crippen LogP contribution in [0, 0.1) is 18.8 Å². The van der Waals surface area contributed by atoms with Crippen molar-refractivity contribution in [3.05, 3.63) is 45.3 Å². The van der Waals surface area contributed by atoms with Gasteiger partial charge in [-0.05, 0) is 56.0 Å². The third-order valence-electron chi connectivity index (χ3n) is 5.55. The summed E-state index contributed by atoms with van der Waals surface area (Å²) in [5, 5.41) is 16.3. The molecule has 2 aromatic rings. The first kappa shape index (κ1) is 22.3. The lowest BCUT2D eigenvalue weighted by atomic mass is 9.79. The zero-order valence-corrected chi connectivity index (χ0v) is 18.5. The highest BCUT2D eigenvalue weighted by Gasteiger charge is 2.36. The zero-order chi connectivity index (χ0) is 21.8. The molecule has 1 aromatic carbocycles. The molecule has 1 aromatic heterocycles. The lowest BCUT2D eigenvalue weighted by Gasteiger charge is -2.27. The first-order valence-corrected chi connectivity index (χ1v) is 11.2. The molecule has 0 bridgehead atoms. The van der Waals surface area contributed by atoms with Gasteiger partial charge in [0.05, 0.1) is 17.4 Å². The number of nitrogens with one attached hydrogen (secondary N) is 2. The van der Waals surface area contributed by atoms with Gasteiger partial charge in [0, 0.05) is 15.6 Å². The van der Waals surface area contributed by atoms with Crippen molar-refractivity contribution in [2.75, 3.05) is 10.6 Å². The molecular formula is C22H25ClN2O4S. The highest BCUT2D eigenvalue weighted by Crippen LogP contribution is 2.36. The fourth-order valence-corrected chi connectivity index (χ4v) is 5.28. The highest BCUT2D eigenvalue weighted by atomic mass is 35.5. The van der Waals surface area contributed by atoms with Crippen LogP contribution in [0.15, 0.2) is 24.3 Å². The number of thiophene rings is 1. The van der Waals surface area contributed by atoms with Crippen LogP contribution in [0.4, 0.5) is 10.7 Å². The third-order valence-corrected chi connectivity index (χ3v) is 6.86. The lowest BCUT2D eigenvalue weighted by Crippen LogP contribution is -2.36. The molecule has 2 amide bonds. The molecule has 2 atom stereocenters. The Labute approximate surface area is 184 Å². The summed E-state index contributed by atoms with van der Waals surface area (Å²) in [6, 6.07) is 6.80. The molecule has 0 spiro atoms. The van der Waals surface area contributed by atoms with E-state index in [1.54, 1.807) is 24.3 Å². The second-order valence-electron chi connectivity index (χ2n) is 7.48. The van der Waals surface area contributed by atoms with E-state index in [1.807, 2.05) is 13.8 Å². The first-order valence-electron chi connectivity index (χ1n) is 10.0. The smallest absolute Gasteiger partial charge is 0.307 e. The van der Waals surface area contributed by atoms with Crippen LogP contribution in [0.5, 0.6) is 0 Å². The molecule has 1 aliphatic rings. The Kier molecular flexibility index (Phi) is 7.15. The molecule has 3 N–H and O–H groups in total. The number of benzene rings is 1. The summed E-state index contributed by atoms with van der Waals surface area (Å²) in [4.78, 5) is 38.5. The maximum atomic E-state index is 13.1. The molecular weight excluding hydrogens is 424 g/mol. The van der Waals surface area contributed by atoms with Crippen molar-refractivity contribution in [3.63, 3.8) is 0 Å². The first-order chi connectivity index (χ1) is 14.3. The molecule has 160 valence electrons. The number of hydrogen-bond acceptors (Lipinski definition) is 4. The van der Waals surface area contributed by atoms with Crippen LogP contribution in [-0.2, 0) is 16.0 Å². The van der Waals surface area contributed by atoms with Gasteiger partial charge in [0.15, 0.2) is 0 Å². The Bertz CT molecular complexity index is 955. The number of hydrogen-bond donors (Lipinski definition) is 3. The van der Waals surface area contributed by atoms with Gasteiger partial charge in [-0.3, -0.25) is 14.4 Å². The molecule has 0 unspecified atom stereocenters. The number of carbonyl (C=O) groups excluding carboxylic acids is 2. The summed E-state index contributed by atoms with van der Waals surface area (Å²) in [6.45, 7) is 3.88. The summed E-state index contributed by atoms with van der Waals surface area (Å²) >= 11 is 7.25. The van der Waals surface area contributed by atoms with E-state index in [2.05, 4.69) is 10.6 Å². The number of carboxylic acid groups (broad SMARTS) is 1. The Morgan fingerprint density at radius 3 is 2.33 bits per heavy atom. The second-order valence-corrected chi connectivity index (χ2v) is 9.14. The zero-order valence-electron chi connectivity index (χ0n) is 17.0. The van der Waals surface area contributed by atoms with Crippen molar-refractivity contribution in [3.8, 4) is 0 Å². The number of halogens is 1. The van der Waals surface area contributed by atoms with Crippen LogP contribution in [0.2, 0.25) is 5.02 Å². The predicted molar refractivity (Wildman–Crippen MR) is 120 cm³/mol. The van der Waals surface area contributed by atoms with Gasteiger partial charge < -0.3 is 15.7 Å². The summed E-state index contributed by atoms with van der Waals surface area (Å²) in [7, 11) is 0. The lowest BCUT2D eigenvalue weighted by molar-refractivity contribution is -0.147. The van der Waals surface area contributed by atoms with E-state index in [9.17, 15) is 19.5 Å². The van der Waals surface area contributed by atoms with Crippen molar-refractivity contribution in [2.45, 2.75) is 46.0 Å². The van der Waals surface area contributed by atoms with E-state index in [-0.39, 0.29) is 11.8 Å². The van der Waals surface area contributed by atoms with E-state index in [0.717, 1.165) is 23.3 Å². The number of aryl methyl sites for hydroxylation is 1. The molecule has 1 heterocycles. The number of carbonyl (C=O) groups is 3. The second kappa shape index (κ2) is 9.62. The van der Waals surface area contributed by atoms with E-state index < -0.39 is 17.8 Å². The van der Waals surface area contributed by atoms with E-state index in [1.165, 1.54) is 11.3 Å². The Balaban J connectivity index is 1.86. The molecule has 0 saturated heterocycles. The van der Waals surface area contributed by atoms with E-state index in [0.29, 0.717) is 40.5 Å². The average Bonchev–Trinajstić information content (AvgIpc) is 3.04. The van der Waals surface area contributed by atoms with Gasteiger partial charge in [-0.1, -0.05) is 31.4 Å². The molecule has 3 rings (SSSR count). The molecule has 1 aliphatic carbocycles. The minimum atomic E-state index is -0.938. The van der Waals surface area contributed by atoms with Gasteiger partial charge in [0.2, 0.25) is 5.91 Å². The van der Waals surface area contributed by atoms with Crippen molar-refractivity contribution in [2.24, 2.45) is 11.8 Å². The summed E-state index contributed by atoms with van der Waals surface area (Å²) in [6.07, 6.45) is 3.33. The molecule has 0 aliphatic heterocycles. The van der Waals surface area contributed by atoms with Gasteiger partial charge >= 0.3 is 5.97 Å². The molecule has 8 heteroatoms. The SMILES string of the molecule is CCc1c(C)sc(NC(=O)[C@@H]2CCCC[C@H]2C(=O)O)c1C(=O)Nc1ccc(Cl)cc1. The minimum absolute atomic E-state index is 0.313. The van der Waals surface area contributed by atoms with Crippen LogP contribution in [0.1, 0.15) is 53.4 Å². The maximum Gasteiger partial charge on any atom is 0.307 e. The standard InChI is InChI=1S/C22H25ClN2O4S/c1-3-15-12(2)30-21(18(15)20(27)24-14-10-8-13(23)9-11-14)25-19(26)16-6-4-5-7-17(16)22(28)29/h8-11,16-17H,3-7H2,1-2H3,(H,24,27)(H,25,26)(H,28,29)/t16-,17-/m1/s1. The quantitative estimate of drug-likeness (QED) is 0.554. The molecule has 1 fully saturated rings. The summed E-state index contributed by atoms with van der Waals surface area (Å²) < 4.78 is 0. The molecule has 1 saturated carbocycles. The predicted octanol–water partition coefficient (Wildman–Crippen LogP) is 5.35. The van der Waals surface area contributed by atoms with Gasteiger partial charge in [0.25, 0.3) is 5.91 Å². The van der Waals surface area contributed by atoms with E-state index in [4.69, 9.17) is 11.6 Å². The highest BCUT2D eigenvalue weighted by molar-refractivity contribution is 7.16. The van der Waals surface area contributed by atoms with Gasteiger partial charge in [-0.2, -0.15) is 0 Å². The number of rotatable bonds is 6. The Hall–Kier alpha value is -2.38. The van der Waals surface area contributed by atoms with Crippen molar-refractivity contribution in [1.29, 1.82) is 0 Å². The number of aliphatic carboxylic acids is 1. The summed E-state index contributed by atoms with van der Waals surface area (Å²) in [5.41, 5.74) is 1.91. The minimum Gasteiger partial charge on any atom is -0.481 e.